The molecule has 0 spiro atoms. The molecule has 0 aliphatic heterocycles. The fourth-order valence-electron chi connectivity index (χ4n) is 5.68. The summed E-state index contributed by atoms with van der Waals surface area (Å²) in [6.07, 6.45) is 10.3. The number of benzene rings is 2. The van der Waals surface area contributed by atoms with Gasteiger partial charge in [-0.3, -0.25) is 4.79 Å². The summed E-state index contributed by atoms with van der Waals surface area (Å²) >= 11 is 0. The van der Waals surface area contributed by atoms with Crippen LogP contribution in [0.1, 0.15) is 95.6 Å². The van der Waals surface area contributed by atoms with Crippen molar-refractivity contribution in [1.29, 1.82) is 0 Å². The van der Waals surface area contributed by atoms with Crippen LogP contribution in [-0.2, 0) is 10.2 Å². The van der Waals surface area contributed by atoms with Gasteiger partial charge in [-0.05, 0) is 42.1 Å². The average Bonchev–Trinajstić information content (AvgIpc) is 2.89. The zero-order chi connectivity index (χ0) is 24.3. The van der Waals surface area contributed by atoms with Crippen LogP contribution in [0.25, 0.3) is 0 Å². The van der Waals surface area contributed by atoms with Crippen LogP contribution >= 0.6 is 0 Å². The van der Waals surface area contributed by atoms with Crippen molar-refractivity contribution < 1.29 is 4.79 Å². The summed E-state index contributed by atoms with van der Waals surface area (Å²) in [5.41, 5.74) is 5.62. The maximum absolute atomic E-state index is 14.3. The highest BCUT2D eigenvalue weighted by atomic mass is 28.3. The molecule has 0 unspecified atom stereocenters. The van der Waals surface area contributed by atoms with Gasteiger partial charge in [0.15, 0.2) is 5.78 Å². The molecule has 0 N–H and O–H groups in total. The van der Waals surface area contributed by atoms with Gasteiger partial charge in [0.1, 0.15) is 13.5 Å². The van der Waals surface area contributed by atoms with Crippen molar-refractivity contribution in [2.24, 2.45) is 0 Å². The molecule has 2 aromatic carbocycles. The second kappa shape index (κ2) is 13.1. The molecule has 0 saturated heterocycles. The molecule has 3 rings (SSSR count). The lowest BCUT2D eigenvalue weighted by atomic mass is 9.64. The Morgan fingerprint density at radius 1 is 0.824 bits per heavy atom. The molecule has 1 nitrogen and oxygen atoms in total. The van der Waals surface area contributed by atoms with Gasteiger partial charge >= 0.3 is 0 Å². The molecule has 0 amide bonds. The van der Waals surface area contributed by atoms with E-state index in [0.29, 0.717) is 5.78 Å². The molecule has 1 aliphatic carbocycles. The van der Waals surface area contributed by atoms with E-state index >= 15 is 0 Å². The Labute approximate surface area is 209 Å². The van der Waals surface area contributed by atoms with Gasteiger partial charge in [0.05, 0.1) is 0 Å². The first-order chi connectivity index (χ1) is 16.6. The molecule has 0 aromatic heterocycles. The third-order valence-corrected chi connectivity index (χ3v) is 12.4. The number of ketones is 1. The molecule has 2 heteroatoms. The number of carbonyl (C=O) groups is 1. The first kappa shape index (κ1) is 26.5. The Hall–Kier alpha value is -2.11. The van der Waals surface area contributed by atoms with Gasteiger partial charge in [-0.2, -0.15) is 0 Å². The van der Waals surface area contributed by atoms with Crippen molar-refractivity contribution in [2.45, 2.75) is 108 Å². The summed E-state index contributed by atoms with van der Waals surface area (Å²) in [7, 11) is -1.77. The third kappa shape index (κ3) is 6.31. The van der Waals surface area contributed by atoms with Crippen molar-refractivity contribution in [3.63, 3.8) is 0 Å². The first-order valence-electron chi connectivity index (χ1n) is 13.8. The fourth-order valence-corrected chi connectivity index (χ4v) is 10.4. The van der Waals surface area contributed by atoms with Crippen LogP contribution < -0.4 is 0 Å². The second-order valence-electron chi connectivity index (χ2n) is 10.3. The van der Waals surface area contributed by atoms with Gasteiger partial charge in [-0.25, -0.2) is 0 Å². The molecule has 0 bridgehead atoms. The molecule has 34 heavy (non-hydrogen) atoms. The van der Waals surface area contributed by atoms with Crippen LogP contribution in [0, 0.1) is 11.5 Å². The highest BCUT2D eigenvalue weighted by Crippen LogP contribution is 2.43. The first-order valence-corrected chi connectivity index (χ1v) is 16.4. The number of unbranched alkanes of at least 4 members (excludes halogenated alkanes) is 3. The van der Waals surface area contributed by atoms with E-state index in [4.69, 9.17) is 0 Å². The van der Waals surface area contributed by atoms with Crippen molar-refractivity contribution >= 4 is 13.9 Å². The Bertz CT molecular complexity index is 917. The minimum absolute atomic E-state index is 0.0533. The molecule has 0 heterocycles. The lowest BCUT2D eigenvalue weighted by Crippen LogP contribution is -2.43. The third-order valence-electron chi connectivity index (χ3n) is 7.82. The SMILES string of the molecule is CCCC[Si](C#C[C@@]1(c2ccccc2)CCC[C@H](c2ccccc2)C1=O)(CCCC)CCCC. The predicted octanol–water partition coefficient (Wildman–Crippen LogP) is 8.85. The summed E-state index contributed by atoms with van der Waals surface area (Å²) in [6, 6.07) is 24.8. The normalized spacial score (nSPS) is 20.6. The molecule has 1 aliphatic rings. The zero-order valence-electron chi connectivity index (χ0n) is 21.7. The Kier molecular flexibility index (Phi) is 10.2. The number of hydrogen-bond acceptors (Lipinski definition) is 1. The maximum Gasteiger partial charge on any atom is 0.162 e. The van der Waals surface area contributed by atoms with Gasteiger partial charge in [-0.1, -0.05) is 132 Å². The quantitative estimate of drug-likeness (QED) is 0.236. The molecule has 1 saturated carbocycles. The Morgan fingerprint density at radius 3 is 1.88 bits per heavy atom. The smallest absolute Gasteiger partial charge is 0.162 e. The van der Waals surface area contributed by atoms with Crippen LogP contribution in [0.5, 0.6) is 0 Å². The van der Waals surface area contributed by atoms with E-state index in [2.05, 4.69) is 86.8 Å². The van der Waals surface area contributed by atoms with Gasteiger partial charge in [0, 0.05) is 5.92 Å². The largest absolute Gasteiger partial charge is 0.297 e. The van der Waals surface area contributed by atoms with Gasteiger partial charge in [0.25, 0.3) is 0 Å². The summed E-state index contributed by atoms with van der Waals surface area (Å²) < 4.78 is 0. The minimum Gasteiger partial charge on any atom is -0.297 e. The second-order valence-corrected chi connectivity index (χ2v) is 14.6. The van der Waals surface area contributed by atoms with E-state index in [-0.39, 0.29) is 5.92 Å². The van der Waals surface area contributed by atoms with Crippen LogP contribution in [0.2, 0.25) is 18.1 Å². The molecule has 2 aromatic rings. The molecular formula is C32H44OSi. The number of hydrogen-bond donors (Lipinski definition) is 0. The molecule has 2 atom stereocenters. The van der Waals surface area contributed by atoms with Crippen molar-refractivity contribution in [1.82, 2.24) is 0 Å². The molecule has 182 valence electrons. The topological polar surface area (TPSA) is 17.1 Å². The lowest BCUT2D eigenvalue weighted by Gasteiger charge is -2.37. The van der Waals surface area contributed by atoms with Crippen molar-refractivity contribution in [3.8, 4) is 11.5 Å². The van der Waals surface area contributed by atoms with Gasteiger partial charge in [-0.15, -0.1) is 5.54 Å². The van der Waals surface area contributed by atoms with Crippen LogP contribution in [0.4, 0.5) is 0 Å². The highest BCUT2D eigenvalue weighted by molar-refractivity contribution is 6.87. The van der Waals surface area contributed by atoms with Gasteiger partial charge in [0.2, 0.25) is 0 Å². The fraction of sp³-hybridized carbons (Fsp3) is 0.531. The monoisotopic (exact) mass is 472 g/mol. The van der Waals surface area contributed by atoms with E-state index < -0.39 is 13.5 Å². The van der Waals surface area contributed by atoms with Crippen molar-refractivity contribution in [2.75, 3.05) is 0 Å². The number of carbonyl (C=O) groups excluding carboxylic acids is 1. The summed E-state index contributed by atoms with van der Waals surface area (Å²) in [6.45, 7) is 6.90. The van der Waals surface area contributed by atoms with Crippen LogP contribution in [-0.4, -0.2) is 13.9 Å². The predicted molar refractivity (Wildman–Crippen MR) is 149 cm³/mol. The number of Topliss-reactive ketones (excluding diaryl/α,β-unsaturated/α-hetero) is 1. The summed E-state index contributed by atoms with van der Waals surface area (Å²) in [5, 5.41) is 0. The summed E-state index contributed by atoms with van der Waals surface area (Å²) in [5.74, 6) is 4.10. The van der Waals surface area contributed by atoms with E-state index in [1.54, 1.807) is 0 Å². The lowest BCUT2D eigenvalue weighted by molar-refractivity contribution is -0.126. The standard InChI is InChI=1S/C32H44OSi/c1-4-7-24-34(25-8-5-2,26-9-6-3)27-23-32(29-19-14-11-15-20-29)22-16-21-30(31(32)33)28-17-12-10-13-18-28/h10-15,17-20,30H,4-9,16,21-22,24-26H2,1-3H3/t30-,32-/m1/s1. The van der Waals surface area contributed by atoms with Crippen molar-refractivity contribution in [3.05, 3.63) is 71.8 Å². The molecule has 1 fully saturated rings. The Balaban J connectivity index is 2.09. The maximum atomic E-state index is 14.3. The minimum atomic E-state index is -1.77. The Morgan fingerprint density at radius 2 is 1.35 bits per heavy atom. The van der Waals surface area contributed by atoms with E-state index in [9.17, 15) is 4.79 Å². The number of rotatable bonds is 11. The highest BCUT2D eigenvalue weighted by Gasteiger charge is 2.46. The summed E-state index contributed by atoms with van der Waals surface area (Å²) in [4.78, 5) is 14.3. The molecule has 0 radical (unpaired) electrons. The van der Waals surface area contributed by atoms with E-state index in [1.165, 1.54) is 56.7 Å². The zero-order valence-corrected chi connectivity index (χ0v) is 22.7. The van der Waals surface area contributed by atoms with Crippen LogP contribution in [0.15, 0.2) is 60.7 Å². The van der Waals surface area contributed by atoms with E-state index in [0.717, 1.165) is 30.4 Å². The van der Waals surface area contributed by atoms with Crippen LogP contribution in [0.3, 0.4) is 0 Å². The van der Waals surface area contributed by atoms with Gasteiger partial charge < -0.3 is 0 Å². The van der Waals surface area contributed by atoms with E-state index in [1.807, 2.05) is 6.07 Å². The average molecular weight is 473 g/mol. The molecular weight excluding hydrogens is 428 g/mol.